The second-order valence-electron chi connectivity index (χ2n) is 12.3. The van der Waals surface area contributed by atoms with Gasteiger partial charge in [0.2, 0.25) is 0 Å². The van der Waals surface area contributed by atoms with Gasteiger partial charge in [-0.3, -0.25) is 0 Å². The van der Waals surface area contributed by atoms with E-state index in [4.69, 9.17) is 0 Å². The van der Waals surface area contributed by atoms with Crippen molar-refractivity contribution in [2.75, 3.05) is 0 Å². The maximum absolute atomic E-state index is 2.49. The summed E-state index contributed by atoms with van der Waals surface area (Å²) < 4.78 is 2.49. The average molecular weight is 490 g/mol. The Morgan fingerprint density at radius 1 is 0.474 bits per heavy atom. The molecule has 6 aromatic rings. The van der Waals surface area contributed by atoms with Crippen LogP contribution in [0.4, 0.5) is 0 Å². The van der Waals surface area contributed by atoms with Gasteiger partial charge in [-0.15, -0.1) is 0 Å². The summed E-state index contributed by atoms with van der Waals surface area (Å²) >= 11 is 0. The first kappa shape index (κ1) is 21.9. The molecule has 0 amide bonds. The van der Waals surface area contributed by atoms with Crippen molar-refractivity contribution in [1.29, 1.82) is 0 Å². The molecule has 5 aromatic carbocycles. The second-order valence-corrected chi connectivity index (χ2v) is 12.3. The Balaban J connectivity index is 1.43. The van der Waals surface area contributed by atoms with Crippen LogP contribution in [0, 0.1) is 6.92 Å². The van der Waals surface area contributed by atoms with E-state index in [9.17, 15) is 0 Å². The van der Waals surface area contributed by atoms with Gasteiger partial charge in [-0.25, -0.2) is 0 Å². The number of para-hydroxylation sites is 1. The molecule has 0 radical (unpaired) electrons. The SMILES string of the molecule is Cc1ccc2c(c1)C(C)(C)c1cc(-n3c4ccccc4c4cc5c(cc43)C(C)(C)c3ccccc3-5)ccc1-2. The largest absolute Gasteiger partial charge is 0.309 e. The third-order valence-electron chi connectivity index (χ3n) is 9.45. The lowest BCUT2D eigenvalue weighted by Crippen LogP contribution is -2.15. The molecule has 0 saturated heterocycles. The van der Waals surface area contributed by atoms with Crippen LogP contribution >= 0.6 is 0 Å². The number of aromatic nitrogens is 1. The molecule has 0 bridgehead atoms. The minimum absolute atomic E-state index is 0.0270. The Morgan fingerprint density at radius 2 is 1.11 bits per heavy atom. The Kier molecular flexibility index (Phi) is 4.07. The predicted molar refractivity (Wildman–Crippen MR) is 161 cm³/mol. The number of rotatable bonds is 1. The summed E-state index contributed by atoms with van der Waals surface area (Å²) in [7, 11) is 0. The highest BCUT2D eigenvalue weighted by atomic mass is 15.0. The van der Waals surface area contributed by atoms with Crippen LogP contribution in [0.3, 0.4) is 0 Å². The molecule has 0 unspecified atom stereocenters. The van der Waals surface area contributed by atoms with Gasteiger partial charge in [-0.1, -0.05) is 100.0 Å². The van der Waals surface area contributed by atoms with Crippen molar-refractivity contribution in [3.8, 4) is 27.9 Å². The van der Waals surface area contributed by atoms with Crippen LogP contribution in [-0.2, 0) is 10.8 Å². The van der Waals surface area contributed by atoms with Crippen molar-refractivity contribution >= 4 is 21.8 Å². The Labute approximate surface area is 224 Å². The second kappa shape index (κ2) is 7.05. The summed E-state index contributed by atoms with van der Waals surface area (Å²) in [6.07, 6.45) is 0. The van der Waals surface area contributed by atoms with Crippen LogP contribution < -0.4 is 0 Å². The average Bonchev–Trinajstić information content (AvgIpc) is 3.44. The van der Waals surface area contributed by atoms with Gasteiger partial charge in [0.05, 0.1) is 11.0 Å². The Bertz CT molecular complexity index is 1980. The first-order valence-electron chi connectivity index (χ1n) is 13.7. The van der Waals surface area contributed by atoms with Crippen molar-refractivity contribution in [2.45, 2.75) is 45.4 Å². The van der Waals surface area contributed by atoms with E-state index in [2.05, 4.69) is 136 Å². The molecule has 0 aliphatic heterocycles. The fraction of sp³-hybridized carbons (Fsp3) is 0.189. The fourth-order valence-corrected chi connectivity index (χ4v) is 7.42. The lowest BCUT2D eigenvalue weighted by molar-refractivity contribution is 0.659. The number of hydrogen-bond donors (Lipinski definition) is 0. The molecule has 184 valence electrons. The van der Waals surface area contributed by atoms with Crippen LogP contribution in [0.1, 0.15) is 55.5 Å². The predicted octanol–water partition coefficient (Wildman–Crippen LogP) is 9.70. The zero-order valence-electron chi connectivity index (χ0n) is 22.7. The molecule has 0 atom stereocenters. The van der Waals surface area contributed by atoms with E-state index in [1.807, 2.05) is 0 Å². The van der Waals surface area contributed by atoms with Gasteiger partial charge in [-0.2, -0.15) is 0 Å². The van der Waals surface area contributed by atoms with E-state index < -0.39 is 0 Å². The Hall–Kier alpha value is -4.10. The van der Waals surface area contributed by atoms with Crippen molar-refractivity contribution in [2.24, 2.45) is 0 Å². The maximum atomic E-state index is 2.49. The lowest BCUT2D eigenvalue weighted by Gasteiger charge is -2.23. The van der Waals surface area contributed by atoms with E-state index in [0.29, 0.717) is 0 Å². The topological polar surface area (TPSA) is 4.93 Å². The molecule has 8 rings (SSSR count). The van der Waals surface area contributed by atoms with Gasteiger partial charge in [0.1, 0.15) is 0 Å². The molecule has 0 spiro atoms. The molecule has 0 N–H and O–H groups in total. The lowest BCUT2D eigenvalue weighted by atomic mass is 9.82. The number of hydrogen-bond acceptors (Lipinski definition) is 0. The monoisotopic (exact) mass is 489 g/mol. The smallest absolute Gasteiger partial charge is 0.0544 e. The number of fused-ring (bicyclic) bond motifs is 9. The minimum Gasteiger partial charge on any atom is -0.309 e. The molecule has 1 nitrogen and oxygen atoms in total. The summed E-state index contributed by atoms with van der Waals surface area (Å²) in [6.45, 7) is 11.7. The molecule has 1 heteroatoms. The van der Waals surface area contributed by atoms with Crippen LogP contribution in [-0.4, -0.2) is 4.57 Å². The zero-order chi connectivity index (χ0) is 26.0. The van der Waals surface area contributed by atoms with Gasteiger partial charge >= 0.3 is 0 Å². The summed E-state index contributed by atoms with van der Waals surface area (Å²) in [5.74, 6) is 0. The normalized spacial score (nSPS) is 15.9. The highest BCUT2D eigenvalue weighted by molar-refractivity contribution is 6.11. The van der Waals surface area contributed by atoms with Crippen LogP contribution in [0.25, 0.3) is 49.7 Å². The number of aryl methyl sites for hydroxylation is 1. The summed E-state index contributed by atoms with van der Waals surface area (Å²) in [5, 5.41) is 2.64. The molecule has 0 fully saturated rings. The molecule has 38 heavy (non-hydrogen) atoms. The molecule has 1 aromatic heterocycles. The van der Waals surface area contributed by atoms with Gasteiger partial charge in [0.25, 0.3) is 0 Å². The van der Waals surface area contributed by atoms with Crippen LogP contribution in [0.2, 0.25) is 0 Å². The standard InChI is InChI=1S/C37H31N/c1-22-14-16-25-26-17-15-23(19-32(26)37(4,5)31(25)18-22)38-34-13-9-7-11-27(34)29-20-28-24-10-6-8-12-30(24)36(2,3)33(28)21-35(29)38/h6-21H,1-5H3. The minimum atomic E-state index is -0.0314. The van der Waals surface area contributed by atoms with Crippen molar-refractivity contribution in [1.82, 2.24) is 4.57 Å². The first-order valence-corrected chi connectivity index (χ1v) is 13.7. The molecule has 1 heterocycles. The van der Waals surface area contributed by atoms with Gasteiger partial charge in [0, 0.05) is 27.3 Å². The quantitative estimate of drug-likeness (QED) is 0.217. The zero-order valence-corrected chi connectivity index (χ0v) is 22.7. The number of benzene rings is 5. The third kappa shape index (κ3) is 2.62. The molecule has 0 saturated carbocycles. The van der Waals surface area contributed by atoms with Crippen LogP contribution in [0.5, 0.6) is 0 Å². The maximum Gasteiger partial charge on any atom is 0.0544 e. The van der Waals surface area contributed by atoms with E-state index in [-0.39, 0.29) is 10.8 Å². The molecule has 2 aliphatic rings. The van der Waals surface area contributed by atoms with E-state index in [1.54, 1.807) is 0 Å². The van der Waals surface area contributed by atoms with Gasteiger partial charge in [0.15, 0.2) is 0 Å². The van der Waals surface area contributed by atoms with E-state index in [0.717, 1.165) is 0 Å². The van der Waals surface area contributed by atoms with Crippen LogP contribution in [0.15, 0.2) is 97.1 Å². The fourth-order valence-electron chi connectivity index (χ4n) is 7.42. The summed E-state index contributed by atoms with van der Waals surface area (Å²) in [6, 6.07) is 36.8. The molecular weight excluding hydrogens is 458 g/mol. The highest BCUT2D eigenvalue weighted by Crippen LogP contribution is 2.52. The van der Waals surface area contributed by atoms with Crippen molar-refractivity contribution in [3.63, 3.8) is 0 Å². The van der Waals surface area contributed by atoms with E-state index >= 15 is 0 Å². The summed E-state index contributed by atoms with van der Waals surface area (Å²) in [4.78, 5) is 0. The molecule has 2 aliphatic carbocycles. The first-order chi connectivity index (χ1) is 18.3. The van der Waals surface area contributed by atoms with Gasteiger partial charge < -0.3 is 4.57 Å². The molecular formula is C37H31N. The Morgan fingerprint density at radius 3 is 1.95 bits per heavy atom. The van der Waals surface area contributed by atoms with Crippen molar-refractivity contribution < 1.29 is 0 Å². The van der Waals surface area contributed by atoms with Gasteiger partial charge in [-0.05, 0) is 81.8 Å². The van der Waals surface area contributed by atoms with Crippen molar-refractivity contribution in [3.05, 3.63) is 125 Å². The number of nitrogens with zero attached hydrogens (tertiary/aromatic N) is 1. The highest BCUT2D eigenvalue weighted by Gasteiger charge is 2.37. The third-order valence-corrected chi connectivity index (χ3v) is 9.45. The van der Waals surface area contributed by atoms with E-state index in [1.165, 1.54) is 77.6 Å². The summed E-state index contributed by atoms with van der Waals surface area (Å²) in [5.41, 5.74) is 16.2.